The van der Waals surface area contributed by atoms with E-state index in [1.54, 1.807) is 0 Å². The van der Waals surface area contributed by atoms with E-state index in [0.717, 1.165) is 39.0 Å². The lowest BCUT2D eigenvalue weighted by atomic mass is 9.94. The second-order valence-electron chi connectivity index (χ2n) is 4.63. The van der Waals surface area contributed by atoms with Gasteiger partial charge in [0.15, 0.2) is 0 Å². The maximum atomic E-state index is 10.8. The van der Waals surface area contributed by atoms with Gasteiger partial charge in [-0.3, -0.25) is 4.79 Å². The molecule has 0 saturated carbocycles. The van der Waals surface area contributed by atoms with E-state index >= 15 is 0 Å². The highest BCUT2D eigenvalue weighted by Crippen LogP contribution is 2.22. The van der Waals surface area contributed by atoms with Gasteiger partial charge < -0.3 is 20.8 Å². The molecule has 0 aromatic carbocycles. The first-order chi connectivity index (χ1) is 7.27. The van der Waals surface area contributed by atoms with E-state index in [1.807, 2.05) is 0 Å². The van der Waals surface area contributed by atoms with E-state index in [9.17, 15) is 4.79 Å². The quantitative estimate of drug-likeness (QED) is 0.744. The standard InChI is InChI=1S/C11H20N2O2.ClH.H2O/c14-11(15)9-3-7-13(8-4-9)10-1-5-12-6-2-10;;/h9-10,12H,1-8H2,(H,14,15);1H;1H2. The molecule has 2 fully saturated rings. The number of piperidine rings is 2. The molecule has 102 valence electrons. The summed E-state index contributed by atoms with van der Waals surface area (Å²) in [5, 5.41) is 12.3. The van der Waals surface area contributed by atoms with Gasteiger partial charge in [0, 0.05) is 6.04 Å². The number of carboxylic acid groups (broad SMARTS) is 1. The highest BCUT2D eigenvalue weighted by Gasteiger charge is 2.28. The van der Waals surface area contributed by atoms with Gasteiger partial charge in [-0.1, -0.05) is 0 Å². The molecule has 2 aliphatic rings. The van der Waals surface area contributed by atoms with Crippen LogP contribution in [0.2, 0.25) is 0 Å². The molecule has 0 aromatic heterocycles. The number of carboxylic acids is 1. The van der Waals surface area contributed by atoms with Crippen molar-refractivity contribution in [2.24, 2.45) is 5.92 Å². The second kappa shape index (κ2) is 7.87. The zero-order chi connectivity index (χ0) is 10.7. The van der Waals surface area contributed by atoms with Crippen molar-refractivity contribution in [3.8, 4) is 0 Å². The van der Waals surface area contributed by atoms with Gasteiger partial charge >= 0.3 is 5.97 Å². The molecule has 0 aromatic rings. The average molecular weight is 267 g/mol. The lowest BCUT2D eigenvalue weighted by Crippen LogP contribution is -2.47. The van der Waals surface area contributed by atoms with Crippen LogP contribution in [0.25, 0.3) is 0 Å². The molecule has 6 heteroatoms. The van der Waals surface area contributed by atoms with Gasteiger partial charge in [-0.25, -0.2) is 0 Å². The van der Waals surface area contributed by atoms with Crippen molar-refractivity contribution >= 4 is 18.4 Å². The summed E-state index contributed by atoms with van der Waals surface area (Å²) in [5.41, 5.74) is 0. The Morgan fingerprint density at radius 2 is 1.65 bits per heavy atom. The molecule has 4 N–H and O–H groups in total. The Morgan fingerprint density at radius 3 is 2.12 bits per heavy atom. The lowest BCUT2D eigenvalue weighted by Gasteiger charge is -2.38. The molecule has 2 saturated heterocycles. The molecule has 5 nitrogen and oxygen atoms in total. The van der Waals surface area contributed by atoms with Crippen LogP contribution in [-0.4, -0.2) is 53.7 Å². The van der Waals surface area contributed by atoms with Crippen molar-refractivity contribution in [3.05, 3.63) is 0 Å². The maximum absolute atomic E-state index is 10.8. The molecule has 0 spiro atoms. The minimum absolute atomic E-state index is 0. The SMILES string of the molecule is Cl.O.O=C(O)C1CCN(C2CCNCC2)CC1. The Kier molecular flexibility index (Phi) is 7.70. The van der Waals surface area contributed by atoms with Crippen LogP contribution in [0, 0.1) is 5.92 Å². The summed E-state index contributed by atoms with van der Waals surface area (Å²) in [4.78, 5) is 13.3. The van der Waals surface area contributed by atoms with E-state index in [4.69, 9.17) is 5.11 Å². The van der Waals surface area contributed by atoms with Crippen molar-refractivity contribution in [2.75, 3.05) is 26.2 Å². The fourth-order valence-electron chi connectivity index (χ4n) is 2.68. The molecular weight excluding hydrogens is 244 g/mol. The predicted octanol–water partition coefficient (Wildman–Crippen LogP) is 0.132. The number of rotatable bonds is 2. The lowest BCUT2D eigenvalue weighted by molar-refractivity contribution is -0.143. The summed E-state index contributed by atoms with van der Waals surface area (Å²) in [6.07, 6.45) is 4.11. The summed E-state index contributed by atoms with van der Waals surface area (Å²) in [6, 6.07) is 0.695. The first-order valence-electron chi connectivity index (χ1n) is 5.95. The van der Waals surface area contributed by atoms with Crippen LogP contribution in [0.1, 0.15) is 25.7 Å². The fraction of sp³-hybridized carbons (Fsp3) is 0.909. The van der Waals surface area contributed by atoms with Crippen LogP contribution >= 0.6 is 12.4 Å². The monoisotopic (exact) mass is 266 g/mol. The number of likely N-dealkylation sites (tertiary alicyclic amines) is 1. The number of halogens is 1. The number of carbonyl (C=O) groups is 1. The van der Waals surface area contributed by atoms with E-state index in [2.05, 4.69) is 10.2 Å². The summed E-state index contributed by atoms with van der Waals surface area (Å²) in [6.45, 7) is 4.18. The number of nitrogens with zero attached hydrogens (tertiary/aromatic N) is 1. The van der Waals surface area contributed by atoms with Crippen LogP contribution in [0.15, 0.2) is 0 Å². The van der Waals surface area contributed by atoms with Gasteiger partial charge in [-0.2, -0.15) is 0 Å². The summed E-state index contributed by atoms with van der Waals surface area (Å²) in [7, 11) is 0. The normalized spacial score (nSPS) is 23.5. The summed E-state index contributed by atoms with van der Waals surface area (Å²) in [5.74, 6) is -0.706. The van der Waals surface area contributed by atoms with Gasteiger partial charge in [0.05, 0.1) is 5.92 Å². The molecule has 17 heavy (non-hydrogen) atoms. The van der Waals surface area contributed by atoms with Crippen molar-refractivity contribution in [1.29, 1.82) is 0 Å². The van der Waals surface area contributed by atoms with Crippen LogP contribution in [-0.2, 0) is 4.79 Å². The minimum Gasteiger partial charge on any atom is -0.481 e. The Morgan fingerprint density at radius 1 is 1.12 bits per heavy atom. The van der Waals surface area contributed by atoms with Crippen molar-refractivity contribution in [3.63, 3.8) is 0 Å². The molecule has 2 rings (SSSR count). The first kappa shape index (κ1) is 16.6. The average Bonchev–Trinajstić information content (AvgIpc) is 2.30. The summed E-state index contributed by atoms with van der Waals surface area (Å²) < 4.78 is 0. The van der Waals surface area contributed by atoms with Gasteiger partial charge in [0.25, 0.3) is 0 Å². The van der Waals surface area contributed by atoms with Crippen LogP contribution in [0.3, 0.4) is 0 Å². The van der Waals surface area contributed by atoms with Crippen molar-refractivity contribution in [2.45, 2.75) is 31.7 Å². The van der Waals surface area contributed by atoms with Crippen LogP contribution < -0.4 is 5.32 Å². The second-order valence-corrected chi connectivity index (χ2v) is 4.63. The third-order valence-corrected chi connectivity index (χ3v) is 3.70. The Hall–Kier alpha value is -0.360. The zero-order valence-electron chi connectivity index (χ0n) is 10.0. The molecule has 0 atom stereocenters. The first-order valence-corrected chi connectivity index (χ1v) is 5.95. The molecule has 0 unspecified atom stereocenters. The van der Waals surface area contributed by atoms with Gasteiger partial charge in [-0.05, 0) is 51.9 Å². The van der Waals surface area contributed by atoms with Crippen LogP contribution in [0.5, 0.6) is 0 Å². The largest absolute Gasteiger partial charge is 0.481 e. The molecule has 2 aliphatic heterocycles. The van der Waals surface area contributed by atoms with Crippen LogP contribution in [0.4, 0.5) is 0 Å². The number of nitrogens with one attached hydrogen (secondary N) is 1. The van der Waals surface area contributed by atoms with Gasteiger partial charge in [0.2, 0.25) is 0 Å². The smallest absolute Gasteiger partial charge is 0.306 e. The highest BCUT2D eigenvalue weighted by atomic mass is 35.5. The number of hydrogen-bond donors (Lipinski definition) is 2. The minimum atomic E-state index is -0.611. The fourth-order valence-corrected chi connectivity index (χ4v) is 2.68. The zero-order valence-corrected chi connectivity index (χ0v) is 10.8. The third kappa shape index (κ3) is 4.43. The predicted molar refractivity (Wildman–Crippen MR) is 68.7 cm³/mol. The molecule has 0 amide bonds. The molecule has 0 radical (unpaired) electrons. The van der Waals surface area contributed by atoms with Crippen molar-refractivity contribution < 1.29 is 15.4 Å². The van der Waals surface area contributed by atoms with E-state index in [1.165, 1.54) is 12.8 Å². The highest BCUT2D eigenvalue weighted by molar-refractivity contribution is 5.85. The van der Waals surface area contributed by atoms with E-state index in [0.29, 0.717) is 6.04 Å². The molecule has 0 aliphatic carbocycles. The molecular formula is C11H23ClN2O3. The molecule has 2 heterocycles. The Balaban J connectivity index is 0.00000128. The number of hydrogen-bond acceptors (Lipinski definition) is 3. The topological polar surface area (TPSA) is 84.1 Å². The molecule has 0 bridgehead atoms. The summed E-state index contributed by atoms with van der Waals surface area (Å²) >= 11 is 0. The van der Waals surface area contributed by atoms with Crippen molar-refractivity contribution in [1.82, 2.24) is 10.2 Å². The van der Waals surface area contributed by atoms with E-state index < -0.39 is 5.97 Å². The Bertz CT molecular complexity index is 227. The van der Waals surface area contributed by atoms with E-state index in [-0.39, 0.29) is 23.8 Å². The Labute approximate surface area is 108 Å². The maximum Gasteiger partial charge on any atom is 0.306 e. The van der Waals surface area contributed by atoms with Gasteiger partial charge in [-0.15, -0.1) is 12.4 Å². The third-order valence-electron chi connectivity index (χ3n) is 3.70. The number of aliphatic carboxylic acids is 1. The van der Waals surface area contributed by atoms with Gasteiger partial charge in [0.1, 0.15) is 0 Å².